The SMILES string of the molecule is CCS(=O)(=O)c1ccc(S(=O)(=O)Oc2ccccc2-c2ccccc2)cc1. The lowest BCUT2D eigenvalue weighted by Crippen LogP contribution is -2.11. The van der Waals surface area contributed by atoms with Crippen molar-refractivity contribution in [3.63, 3.8) is 0 Å². The van der Waals surface area contributed by atoms with Crippen LogP contribution in [-0.4, -0.2) is 22.6 Å². The van der Waals surface area contributed by atoms with E-state index in [1.807, 2.05) is 30.3 Å². The fourth-order valence-corrected chi connectivity index (χ4v) is 4.37. The first kappa shape index (κ1) is 19.1. The summed E-state index contributed by atoms with van der Waals surface area (Å²) in [7, 11) is -7.51. The summed E-state index contributed by atoms with van der Waals surface area (Å²) in [5.74, 6) is 0.147. The molecule has 0 fully saturated rings. The Kier molecular flexibility index (Phi) is 5.34. The lowest BCUT2D eigenvalue weighted by molar-refractivity contribution is 0.486. The van der Waals surface area contributed by atoms with Gasteiger partial charge < -0.3 is 4.18 Å². The van der Waals surface area contributed by atoms with Crippen LogP contribution in [0.15, 0.2) is 88.7 Å². The van der Waals surface area contributed by atoms with E-state index in [1.54, 1.807) is 24.3 Å². The highest BCUT2D eigenvalue weighted by molar-refractivity contribution is 7.91. The van der Waals surface area contributed by atoms with Crippen LogP contribution in [0.1, 0.15) is 6.92 Å². The molecule has 3 aromatic rings. The van der Waals surface area contributed by atoms with Crippen LogP contribution in [-0.2, 0) is 20.0 Å². The van der Waals surface area contributed by atoms with Crippen molar-refractivity contribution in [2.24, 2.45) is 0 Å². The molecule has 7 heteroatoms. The van der Waals surface area contributed by atoms with E-state index in [9.17, 15) is 16.8 Å². The number of para-hydroxylation sites is 1. The average molecular weight is 402 g/mol. The Hall–Kier alpha value is -2.64. The maximum absolute atomic E-state index is 12.6. The number of hydrogen-bond donors (Lipinski definition) is 0. The van der Waals surface area contributed by atoms with Gasteiger partial charge in [0.15, 0.2) is 15.6 Å². The van der Waals surface area contributed by atoms with Gasteiger partial charge >= 0.3 is 10.1 Å². The van der Waals surface area contributed by atoms with Crippen molar-refractivity contribution in [2.45, 2.75) is 16.7 Å². The summed E-state index contributed by atoms with van der Waals surface area (Å²) >= 11 is 0. The van der Waals surface area contributed by atoms with E-state index in [0.29, 0.717) is 5.56 Å². The summed E-state index contributed by atoms with van der Waals surface area (Å²) in [5.41, 5.74) is 1.47. The van der Waals surface area contributed by atoms with Crippen molar-refractivity contribution < 1.29 is 21.0 Å². The maximum atomic E-state index is 12.6. The van der Waals surface area contributed by atoms with Crippen LogP contribution in [0.5, 0.6) is 5.75 Å². The molecule has 0 spiro atoms. The van der Waals surface area contributed by atoms with Crippen LogP contribution < -0.4 is 4.18 Å². The van der Waals surface area contributed by atoms with Gasteiger partial charge in [-0.2, -0.15) is 8.42 Å². The Balaban J connectivity index is 1.95. The zero-order valence-corrected chi connectivity index (χ0v) is 16.2. The molecule has 0 aromatic heterocycles. The molecule has 0 aliphatic rings. The summed E-state index contributed by atoms with van der Waals surface area (Å²) in [6.07, 6.45) is 0. The normalized spacial score (nSPS) is 11.9. The first-order valence-electron chi connectivity index (χ1n) is 8.25. The molecule has 0 atom stereocenters. The van der Waals surface area contributed by atoms with Gasteiger partial charge in [0.2, 0.25) is 0 Å². The largest absolute Gasteiger partial charge is 0.378 e. The maximum Gasteiger partial charge on any atom is 0.339 e. The molecule has 0 saturated carbocycles. The monoisotopic (exact) mass is 402 g/mol. The van der Waals surface area contributed by atoms with Gasteiger partial charge in [0.25, 0.3) is 0 Å². The van der Waals surface area contributed by atoms with Gasteiger partial charge in [-0.1, -0.05) is 55.5 Å². The highest BCUT2D eigenvalue weighted by Gasteiger charge is 2.20. The van der Waals surface area contributed by atoms with Crippen LogP contribution in [0.4, 0.5) is 0 Å². The molecule has 0 aliphatic carbocycles. The Morgan fingerprint density at radius 2 is 1.26 bits per heavy atom. The highest BCUT2D eigenvalue weighted by Crippen LogP contribution is 2.31. The molecule has 27 heavy (non-hydrogen) atoms. The molecule has 0 bridgehead atoms. The van der Waals surface area contributed by atoms with E-state index >= 15 is 0 Å². The second-order valence-electron chi connectivity index (χ2n) is 5.77. The lowest BCUT2D eigenvalue weighted by atomic mass is 10.1. The van der Waals surface area contributed by atoms with Crippen molar-refractivity contribution in [1.29, 1.82) is 0 Å². The lowest BCUT2D eigenvalue weighted by Gasteiger charge is -2.12. The second kappa shape index (κ2) is 7.54. The second-order valence-corrected chi connectivity index (χ2v) is 9.60. The third-order valence-corrected chi connectivity index (χ3v) is 7.02. The van der Waals surface area contributed by atoms with Gasteiger partial charge in [0, 0.05) is 5.56 Å². The van der Waals surface area contributed by atoms with Gasteiger partial charge in [0.05, 0.1) is 10.6 Å². The summed E-state index contributed by atoms with van der Waals surface area (Å²) in [6, 6.07) is 21.2. The minimum atomic E-state index is -4.11. The summed E-state index contributed by atoms with van der Waals surface area (Å²) in [5, 5.41) is 0. The van der Waals surface area contributed by atoms with E-state index < -0.39 is 20.0 Å². The van der Waals surface area contributed by atoms with Gasteiger partial charge in [-0.3, -0.25) is 0 Å². The highest BCUT2D eigenvalue weighted by atomic mass is 32.2. The first-order chi connectivity index (χ1) is 12.8. The molecule has 5 nitrogen and oxygen atoms in total. The van der Waals surface area contributed by atoms with Crippen LogP contribution in [0, 0.1) is 0 Å². The molecule has 0 N–H and O–H groups in total. The fraction of sp³-hybridized carbons (Fsp3) is 0.100. The third kappa shape index (κ3) is 4.20. The van der Waals surface area contributed by atoms with Gasteiger partial charge in [-0.05, 0) is 35.9 Å². The zero-order chi connectivity index (χ0) is 19.5. The minimum Gasteiger partial charge on any atom is -0.378 e. The number of hydrogen-bond acceptors (Lipinski definition) is 5. The quantitative estimate of drug-likeness (QED) is 0.584. The standard InChI is InChI=1S/C20H18O5S2/c1-2-26(21,22)17-12-14-18(15-13-17)27(23,24)25-20-11-7-6-10-19(20)16-8-4-3-5-9-16/h3-15H,2H2,1H3. The smallest absolute Gasteiger partial charge is 0.339 e. The van der Waals surface area contributed by atoms with E-state index in [-0.39, 0.29) is 21.3 Å². The molecule has 0 amide bonds. The van der Waals surface area contributed by atoms with E-state index in [4.69, 9.17) is 4.18 Å². The summed E-state index contributed by atoms with van der Waals surface area (Å²) in [6.45, 7) is 1.53. The molecular formula is C20H18O5S2. The average Bonchev–Trinajstić information content (AvgIpc) is 2.69. The number of rotatable bonds is 6. The summed E-state index contributed by atoms with van der Waals surface area (Å²) < 4.78 is 54.4. The molecule has 0 saturated heterocycles. The third-order valence-electron chi connectivity index (χ3n) is 4.02. The van der Waals surface area contributed by atoms with Crippen LogP contribution in [0.3, 0.4) is 0 Å². The van der Waals surface area contributed by atoms with Crippen LogP contribution in [0.2, 0.25) is 0 Å². The van der Waals surface area contributed by atoms with Crippen molar-refractivity contribution in [1.82, 2.24) is 0 Å². The molecule has 3 aromatic carbocycles. The summed E-state index contributed by atoms with van der Waals surface area (Å²) in [4.78, 5) is -0.0333. The number of benzene rings is 3. The molecule has 0 aliphatic heterocycles. The van der Waals surface area contributed by atoms with Crippen molar-refractivity contribution in [2.75, 3.05) is 5.75 Å². The molecule has 0 radical (unpaired) electrons. The van der Waals surface area contributed by atoms with Gasteiger partial charge in [-0.15, -0.1) is 0 Å². The van der Waals surface area contributed by atoms with E-state index in [2.05, 4.69) is 0 Å². The van der Waals surface area contributed by atoms with Crippen molar-refractivity contribution >= 4 is 20.0 Å². The first-order valence-corrected chi connectivity index (χ1v) is 11.3. The Morgan fingerprint density at radius 1 is 0.704 bits per heavy atom. The van der Waals surface area contributed by atoms with E-state index in [0.717, 1.165) is 5.56 Å². The van der Waals surface area contributed by atoms with E-state index in [1.165, 1.54) is 31.2 Å². The molecule has 140 valence electrons. The topological polar surface area (TPSA) is 77.5 Å². The Labute approximate surface area is 159 Å². The molecule has 0 heterocycles. The van der Waals surface area contributed by atoms with Gasteiger partial charge in [0.1, 0.15) is 4.90 Å². The van der Waals surface area contributed by atoms with Crippen molar-refractivity contribution in [3.8, 4) is 16.9 Å². The number of sulfone groups is 1. The van der Waals surface area contributed by atoms with Gasteiger partial charge in [-0.25, -0.2) is 8.42 Å². The minimum absolute atomic E-state index is 0.0555. The predicted octanol–water partition coefficient (Wildman–Crippen LogP) is 3.91. The van der Waals surface area contributed by atoms with Crippen LogP contribution in [0.25, 0.3) is 11.1 Å². The fourth-order valence-electron chi connectivity index (χ4n) is 2.54. The Bertz CT molecular complexity index is 1130. The Morgan fingerprint density at radius 3 is 1.89 bits per heavy atom. The predicted molar refractivity (Wildman–Crippen MR) is 104 cm³/mol. The van der Waals surface area contributed by atoms with Crippen LogP contribution >= 0.6 is 0 Å². The zero-order valence-electron chi connectivity index (χ0n) is 14.6. The molecular weight excluding hydrogens is 384 g/mol. The molecule has 3 rings (SSSR count). The van der Waals surface area contributed by atoms with Crippen molar-refractivity contribution in [3.05, 3.63) is 78.9 Å². The molecule has 0 unspecified atom stereocenters.